The van der Waals surface area contributed by atoms with Gasteiger partial charge in [-0.15, -0.1) is 0 Å². The minimum Gasteiger partial charge on any atom is -0.349 e. The highest BCUT2D eigenvalue weighted by Crippen LogP contribution is 2.33. The molecular formula is C13H16ClN3O. The van der Waals surface area contributed by atoms with Gasteiger partial charge in [-0.1, -0.05) is 11.6 Å². The summed E-state index contributed by atoms with van der Waals surface area (Å²) in [6.45, 7) is 4.75. The number of aryl methyl sites for hydroxylation is 1. The lowest BCUT2D eigenvalue weighted by Crippen LogP contribution is -2.53. The van der Waals surface area contributed by atoms with E-state index in [1.807, 2.05) is 13.0 Å². The molecule has 3 rings (SSSR count). The number of anilines is 1. The maximum Gasteiger partial charge on any atom is 0.256 e. The molecule has 1 fully saturated rings. The predicted octanol–water partition coefficient (Wildman–Crippen LogP) is 1.52. The molecule has 2 N–H and O–H groups in total. The van der Waals surface area contributed by atoms with E-state index in [-0.39, 0.29) is 12.1 Å². The number of carbonyl (C=O) groups excluding carboxylic acids is 1. The number of hydrogen-bond donors (Lipinski definition) is 2. The van der Waals surface area contributed by atoms with Crippen LogP contribution < -0.4 is 15.5 Å². The number of hydrogen-bond acceptors (Lipinski definition) is 3. The zero-order valence-corrected chi connectivity index (χ0v) is 11.0. The average molecular weight is 266 g/mol. The monoisotopic (exact) mass is 265 g/mol. The molecule has 1 aromatic carbocycles. The van der Waals surface area contributed by atoms with Crippen LogP contribution in [0.5, 0.6) is 0 Å². The van der Waals surface area contributed by atoms with Crippen molar-refractivity contribution in [1.29, 1.82) is 0 Å². The molecule has 2 aliphatic rings. The standard InChI is InChI=1S/C13H16ClN3O/c1-8-6-9(14)12-10(7-8)17-5-4-15-3-2-11(17)16-13(12)18/h6-7,11,15H,2-5H2,1H3,(H,16,18). The van der Waals surface area contributed by atoms with Crippen LogP contribution in [0.1, 0.15) is 22.3 Å². The van der Waals surface area contributed by atoms with Crippen LogP contribution in [0.15, 0.2) is 12.1 Å². The lowest BCUT2D eigenvalue weighted by molar-refractivity contribution is 0.0926. The first-order chi connectivity index (χ1) is 8.66. The average Bonchev–Trinajstić information content (AvgIpc) is 2.53. The number of nitrogens with zero attached hydrogens (tertiary/aromatic N) is 1. The molecule has 0 aliphatic carbocycles. The first-order valence-corrected chi connectivity index (χ1v) is 6.63. The van der Waals surface area contributed by atoms with Gasteiger partial charge >= 0.3 is 0 Å². The third kappa shape index (κ3) is 1.85. The minimum absolute atomic E-state index is 0.0573. The molecule has 0 bridgehead atoms. The van der Waals surface area contributed by atoms with E-state index in [0.717, 1.165) is 37.3 Å². The van der Waals surface area contributed by atoms with Crippen molar-refractivity contribution in [3.8, 4) is 0 Å². The van der Waals surface area contributed by atoms with E-state index in [1.165, 1.54) is 0 Å². The predicted molar refractivity (Wildman–Crippen MR) is 72.3 cm³/mol. The molecular weight excluding hydrogens is 250 g/mol. The number of rotatable bonds is 0. The molecule has 0 aromatic heterocycles. The summed E-state index contributed by atoms with van der Waals surface area (Å²) in [5.74, 6) is -0.0573. The van der Waals surface area contributed by atoms with Gasteiger partial charge < -0.3 is 15.5 Å². The second-order valence-electron chi connectivity index (χ2n) is 4.86. The van der Waals surface area contributed by atoms with Crippen LogP contribution in [-0.2, 0) is 0 Å². The Morgan fingerprint density at radius 2 is 2.22 bits per heavy atom. The van der Waals surface area contributed by atoms with Crippen molar-refractivity contribution in [3.05, 3.63) is 28.3 Å². The van der Waals surface area contributed by atoms with Crippen LogP contribution in [0, 0.1) is 6.92 Å². The highest BCUT2D eigenvalue weighted by molar-refractivity contribution is 6.35. The van der Waals surface area contributed by atoms with Gasteiger partial charge in [-0.25, -0.2) is 0 Å². The van der Waals surface area contributed by atoms with E-state index in [9.17, 15) is 4.79 Å². The van der Waals surface area contributed by atoms with Gasteiger partial charge in [-0.3, -0.25) is 4.79 Å². The molecule has 1 unspecified atom stereocenters. The van der Waals surface area contributed by atoms with Crippen molar-refractivity contribution in [2.75, 3.05) is 24.5 Å². The Balaban J connectivity index is 2.12. The number of fused-ring (bicyclic) bond motifs is 3. The van der Waals surface area contributed by atoms with Crippen LogP contribution in [-0.4, -0.2) is 31.7 Å². The van der Waals surface area contributed by atoms with Gasteiger partial charge in [0.1, 0.15) is 6.17 Å². The highest BCUT2D eigenvalue weighted by atomic mass is 35.5. The molecule has 18 heavy (non-hydrogen) atoms. The molecule has 0 saturated carbocycles. The third-order valence-electron chi connectivity index (χ3n) is 3.55. The smallest absolute Gasteiger partial charge is 0.256 e. The normalized spacial score (nSPS) is 22.9. The third-order valence-corrected chi connectivity index (χ3v) is 3.85. The quantitative estimate of drug-likeness (QED) is 0.748. The van der Waals surface area contributed by atoms with Crippen molar-refractivity contribution < 1.29 is 4.79 Å². The number of carbonyl (C=O) groups is 1. The van der Waals surface area contributed by atoms with Crippen LogP contribution in [0.2, 0.25) is 5.02 Å². The van der Waals surface area contributed by atoms with Crippen LogP contribution in [0.4, 0.5) is 5.69 Å². The Morgan fingerprint density at radius 3 is 3.06 bits per heavy atom. The largest absolute Gasteiger partial charge is 0.349 e. The molecule has 2 aliphatic heterocycles. The Labute approximate surface area is 111 Å². The summed E-state index contributed by atoms with van der Waals surface area (Å²) in [4.78, 5) is 14.4. The lowest BCUT2D eigenvalue weighted by atomic mass is 10.0. The summed E-state index contributed by atoms with van der Waals surface area (Å²) < 4.78 is 0. The van der Waals surface area contributed by atoms with E-state index in [4.69, 9.17) is 11.6 Å². The van der Waals surface area contributed by atoms with Crippen molar-refractivity contribution in [3.63, 3.8) is 0 Å². The van der Waals surface area contributed by atoms with E-state index < -0.39 is 0 Å². The Bertz CT molecular complexity index is 503. The maximum atomic E-state index is 12.1. The van der Waals surface area contributed by atoms with Gasteiger partial charge in [0.05, 0.1) is 16.3 Å². The Hall–Kier alpha value is -1.26. The van der Waals surface area contributed by atoms with Crippen molar-refractivity contribution in [2.45, 2.75) is 19.5 Å². The van der Waals surface area contributed by atoms with Crippen LogP contribution >= 0.6 is 11.6 Å². The second kappa shape index (κ2) is 4.44. The van der Waals surface area contributed by atoms with Gasteiger partial charge in [0.2, 0.25) is 0 Å². The van der Waals surface area contributed by atoms with Crippen LogP contribution in [0.3, 0.4) is 0 Å². The highest BCUT2D eigenvalue weighted by Gasteiger charge is 2.32. The molecule has 5 heteroatoms. The van der Waals surface area contributed by atoms with E-state index in [0.29, 0.717) is 10.6 Å². The molecule has 1 aromatic rings. The van der Waals surface area contributed by atoms with E-state index in [2.05, 4.69) is 21.6 Å². The molecule has 0 radical (unpaired) electrons. The fourth-order valence-corrected chi connectivity index (χ4v) is 3.07. The number of benzene rings is 1. The van der Waals surface area contributed by atoms with Crippen LogP contribution in [0.25, 0.3) is 0 Å². The SMILES string of the molecule is Cc1cc(Cl)c2c(c1)N1CCNCCC1NC2=O. The number of halogens is 1. The van der Waals surface area contributed by atoms with Gasteiger partial charge in [0, 0.05) is 13.1 Å². The van der Waals surface area contributed by atoms with Crippen molar-refractivity contribution in [1.82, 2.24) is 10.6 Å². The molecule has 1 amide bonds. The fraction of sp³-hybridized carbons (Fsp3) is 0.462. The zero-order valence-electron chi connectivity index (χ0n) is 10.3. The zero-order chi connectivity index (χ0) is 12.7. The summed E-state index contributed by atoms with van der Waals surface area (Å²) in [6.07, 6.45) is 0.995. The first kappa shape index (κ1) is 11.8. The summed E-state index contributed by atoms with van der Waals surface area (Å²) in [5.41, 5.74) is 2.67. The topological polar surface area (TPSA) is 44.4 Å². The van der Waals surface area contributed by atoms with E-state index >= 15 is 0 Å². The van der Waals surface area contributed by atoms with E-state index in [1.54, 1.807) is 0 Å². The maximum absolute atomic E-state index is 12.1. The Kier molecular flexibility index (Phi) is 2.92. The van der Waals surface area contributed by atoms with Crippen molar-refractivity contribution >= 4 is 23.2 Å². The second-order valence-corrected chi connectivity index (χ2v) is 5.27. The molecule has 96 valence electrons. The number of nitrogens with one attached hydrogen (secondary N) is 2. The Morgan fingerprint density at radius 1 is 1.39 bits per heavy atom. The molecule has 2 heterocycles. The first-order valence-electron chi connectivity index (χ1n) is 6.25. The summed E-state index contributed by atoms with van der Waals surface area (Å²) >= 11 is 6.21. The molecule has 1 atom stereocenters. The van der Waals surface area contributed by atoms with Crippen molar-refractivity contribution in [2.24, 2.45) is 0 Å². The summed E-state index contributed by atoms with van der Waals surface area (Å²) in [5, 5.41) is 6.93. The van der Waals surface area contributed by atoms with Gasteiger partial charge in [0.25, 0.3) is 5.91 Å². The summed E-state index contributed by atoms with van der Waals surface area (Å²) in [6, 6.07) is 3.90. The van der Waals surface area contributed by atoms with Gasteiger partial charge in [-0.2, -0.15) is 0 Å². The molecule has 0 spiro atoms. The summed E-state index contributed by atoms with van der Waals surface area (Å²) in [7, 11) is 0. The van der Waals surface area contributed by atoms with Gasteiger partial charge in [0.15, 0.2) is 0 Å². The lowest BCUT2D eigenvalue weighted by Gasteiger charge is -2.38. The van der Waals surface area contributed by atoms with Gasteiger partial charge in [-0.05, 0) is 37.6 Å². The number of amides is 1. The molecule has 1 saturated heterocycles. The minimum atomic E-state index is -0.0573. The fourth-order valence-electron chi connectivity index (χ4n) is 2.71. The molecule has 4 nitrogen and oxygen atoms in total.